The Morgan fingerprint density at radius 1 is 1.12 bits per heavy atom. The zero-order valence-electron chi connectivity index (χ0n) is 15.4. The van der Waals surface area contributed by atoms with Gasteiger partial charge in [-0.05, 0) is 43.9 Å². The van der Waals surface area contributed by atoms with Crippen LogP contribution in [0.4, 0.5) is 0 Å². The second-order valence-electron chi connectivity index (χ2n) is 7.22. The van der Waals surface area contributed by atoms with Crippen molar-refractivity contribution in [2.45, 2.75) is 78.0 Å². The average molecular weight is 357 g/mol. The number of esters is 2. The molecule has 2 atom stereocenters. The summed E-state index contributed by atoms with van der Waals surface area (Å²) in [6.45, 7) is 5.72. The maximum atomic E-state index is 12.3. The van der Waals surface area contributed by atoms with Gasteiger partial charge in [-0.3, -0.25) is 14.4 Å². The molecule has 0 aliphatic heterocycles. The molecule has 25 heavy (non-hydrogen) atoms. The lowest BCUT2D eigenvalue weighted by Crippen LogP contribution is -2.43. The first-order chi connectivity index (χ1) is 11.7. The molecule has 0 aromatic heterocycles. The van der Waals surface area contributed by atoms with Gasteiger partial charge in [-0.1, -0.05) is 20.8 Å². The molecule has 144 valence electrons. The largest absolute Gasteiger partial charge is 0.481 e. The van der Waals surface area contributed by atoms with Crippen LogP contribution in [0.25, 0.3) is 0 Å². The molecule has 1 aliphatic carbocycles. The minimum absolute atomic E-state index is 0.100. The molecule has 0 aromatic carbocycles. The first-order valence-corrected chi connectivity index (χ1v) is 9.12. The van der Waals surface area contributed by atoms with E-state index in [1.165, 1.54) is 0 Å². The summed E-state index contributed by atoms with van der Waals surface area (Å²) < 4.78 is 10.6. The lowest BCUT2D eigenvalue weighted by molar-refractivity contribution is -0.191. The quantitative estimate of drug-likeness (QED) is 0.481. The minimum atomic E-state index is -0.912. The molecule has 7 heteroatoms. The Morgan fingerprint density at radius 2 is 1.72 bits per heavy atom. The van der Waals surface area contributed by atoms with Crippen LogP contribution in [0.2, 0.25) is 0 Å². The SMILES string of the molecule is CCCC(OC(=O)CC(C)C)OC(=O)C(N)C1CCC(C(=O)O)CC1. The highest BCUT2D eigenvalue weighted by Crippen LogP contribution is 2.31. The minimum Gasteiger partial charge on any atom is -0.481 e. The summed E-state index contributed by atoms with van der Waals surface area (Å²) >= 11 is 0. The van der Waals surface area contributed by atoms with Crippen LogP contribution in [-0.2, 0) is 23.9 Å². The molecule has 1 saturated carbocycles. The maximum Gasteiger partial charge on any atom is 0.326 e. The van der Waals surface area contributed by atoms with Crippen LogP contribution in [-0.4, -0.2) is 35.3 Å². The van der Waals surface area contributed by atoms with E-state index in [1.54, 1.807) is 0 Å². The summed E-state index contributed by atoms with van der Waals surface area (Å²) in [7, 11) is 0. The van der Waals surface area contributed by atoms with E-state index in [-0.39, 0.29) is 24.2 Å². The molecule has 0 saturated heterocycles. The lowest BCUT2D eigenvalue weighted by atomic mass is 9.79. The Bertz CT molecular complexity index is 456. The monoisotopic (exact) mass is 357 g/mol. The van der Waals surface area contributed by atoms with Crippen molar-refractivity contribution in [3.63, 3.8) is 0 Å². The van der Waals surface area contributed by atoms with Crippen molar-refractivity contribution in [3.05, 3.63) is 0 Å². The van der Waals surface area contributed by atoms with Crippen molar-refractivity contribution in [1.29, 1.82) is 0 Å². The van der Waals surface area contributed by atoms with Crippen LogP contribution in [0.1, 0.15) is 65.7 Å². The summed E-state index contributed by atoms with van der Waals surface area (Å²) in [5.74, 6) is -2.07. The van der Waals surface area contributed by atoms with Gasteiger partial charge in [-0.15, -0.1) is 0 Å². The number of carboxylic acids is 1. The van der Waals surface area contributed by atoms with E-state index in [4.69, 9.17) is 20.3 Å². The Balaban J connectivity index is 2.52. The van der Waals surface area contributed by atoms with E-state index in [1.807, 2.05) is 20.8 Å². The Labute approximate surface area is 149 Å². The number of aliphatic carboxylic acids is 1. The van der Waals surface area contributed by atoms with Crippen molar-refractivity contribution in [2.24, 2.45) is 23.5 Å². The number of carboxylic acid groups (broad SMARTS) is 1. The molecule has 0 amide bonds. The molecule has 2 unspecified atom stereocenters. The van der Waals surface area contributed by atoms with Gasteiger partial charge in [-0.2, -0.15) is 0 Å². The van der Waals surface area contributed by atoms with E-state index in [0.717, 1.165) is 0 Å². The number of carbonyl (C=O) groups excluding carboxylic acids is 2. The van der Waals surface area contributed by atoms with Crippen LogP contribution in [0.3, 0.4) is 0 Å². The van der Waals surface area contributed by atoms with E-state index >= 15 is 0 Å². The van der Waals surface area contributed by atoms with E-state index in [9.17, 15) is 14.4 Å². The molecule has 0 bridgehead atoms. The number of carbonyl (C=O) groups is 3. The summed E-state index contributed by atoms with van der Waals surface area (Å²) in [5.41, 5.74) is 6.01. The van der Waals surface area contributed by atoms with E-state index in [2.05, 4.69) is 0 Å². The average Bonchev–Trinajstić information content (AvgIpc) is 2.53. The van der Waals surface area contributed by atoms with Gasteiger partial charge in [0.2, 0.25) is 6.29 Å². The maximum absolute atomic E-state index is 12.3. The zero-order valence-corrected chi connectivity index (χ0v) is 15.4. The molecule has 1 rings (SSSR count). The van der Waals surface area contributed by atoms with Crippen molar-refractivity contribution < 1.29 is 29.0 Å². The van der Waals surface area contributed by atoms with Crippen molar-refractivity contribution in [2.75, 3.05) is 0 Å². The first kappa shape index (κ1) is 21.4. The van der Waals surface area contributed by atoms with Gasteiger partial charge in [-0.25, -0.2) is 0 Å². The first-order valence-electron chi connectivity index (χ1n) is 9.12. The van der Waals surface area contributed by atoms with Crippen LogP contribution < -0.4 is 5.73 Å². The Morgan fingerprint density at radius 3 is 2.20 bits per heavy atom. The smallest absolute Gasteiger partial charge is 0.326 e. The molecule has 0 aromatic rings. The topological polar surface area (TPSA) is 116 Å². The van der Waals surface area contributed by atoms with Gasteiger partial charge < -0.3 is 20.3 Å². The second kappa shape index (κ2) is 10.4. The lowest BCUT2D eigenvalue weighted by Gasteiger charge is -2.30. The number of nitrogens with two attached hydrogens (primary N) is 1. The van der Waals surface area contributed by atoms with Crippen molar-refractivity contribution >= 4 is 17.9 Å². The van der Waals surface area contributed by atoms with Crippen LogP contribution >= 0.6 is 0 Å². The molecular weight excluding hydrogens is 326 g/mol. The molecule has 1 aliphatic rings. The number of hydrogen-bond acceptors (Lipinski definition) is 6. The van der Waals surface area contributed by atoms with Gasteiger partial charge in [0.05, 0.1) is 5.92 Å². The van der Waals surface area contributed by atoms with Gasteiger partial charge in [0.15, 0.2) is 0 Å². The van der Waals surface area contributed by atoms with Gasteiger partial charge in [0.1, 0.15) is 6.04 Å². The normalized spacial score (nSPS) is 22.9. The molecule has 0 spiro atoms. The summed E-state index contributed by atoms with van der Waals surface area (Å²) in [6.07, 6.45) is 2.68. The van der Waals surface area contributed by atoms with E-state index < -0.39 is 30.2 Å². The fourth-order valence-corrected chi connectivity index (χ4v) is 3.03. The van der Waals surface area contributed by atoms with Crippen LogP contribution in [0.15, 0.2) is 0 Å². The Hall–Kier alpha value is -1.63. The molecule has 7 nitrogen and oxygen atoms in total. The number of ether oxygens (including phenoxy) is 2. The van der Waals surface area contributed by atoms with Crippen LogP contribution in [0.5, 0.6) is 0 Å². The predicted octanol–water partition coefficient (Wildman–Crippen LogP) is 2.46. The highest BCUT2D eigenvalue weighted by atomic mass is 16.7. The van der Waals surface area contributed by atoms with Gasteiger partial charge in [0.25, 0.3) is 0 Å². The van der Waals surface area contributed by atoms with Gasteiger partial charge in [0, 0.05) is 12.8 Å². The third-order valence-corrected chi connectivity index (χ3v) is 4.51. The van der Waals surface area contributed by atoms with Crippen LogP contribution in [0, 0.1) is 17.8 Å². The second-order valence-corrected chi connectivity index (χ2v) is 7.22. The summed E-state index contributed by atoms with van der Waals surface area (Å²) in [6, 6.07) is -0.821. The number of rotatable bonds is 9. The van der Waals surface area contributed by atoms with E-state index in [0.29, 0.717) is 38.5 Å². The number of hydrogen-bond donors (Lipinski definition) is 2. The Kier molecular flexibility index (Phi) is 8.89. The fourth-order valence-electron chi connectivity index (χ4n) is 3.03. The molecule has 1 fully saturated rings. The third-order valence-electron chi connectivity index (χ3n) is 4.51. The summed E-state index contributed by atoms with van der Waals surface area (Å²) in [4.78, 5) is 35.1. The standard InChI is InChI=1S/C18H31NO6/c1-4-5-15(24-14(20)10-11(2)3)25-18(23)16(19)12-6-8-13(9-7-12)17(21)22/h11-13,15-16H,4-10,19H2,1-3H3,(H,21,22). The predicted molar refractivity (Wildman–Crippen MR) is 91.4 cm³/mol. The van der Waals surface area contributed by atoms with Gasteiger partial charge >= 0.3 is 17.9 Å². The molecule has 0 heterocycles. The van der Waals surface area contributed by atoms with Crippen molar-refractivity contribution in [3.8, 4) is 0 Å². The molecular formula is C18H31NO6. The summed E-state index contributed by atoms with van der Waals surface area (Å²) in [5, 5.41) is 9.03. The zero-order chi connectivity index (χ0) is 19.0. The fraction of sp³-hybridized carbons (Fsp3) is 0.833. The van der Waals surface area contributed by atoms with Crippen molar-refractivity contribution in [1.82, 2.24) is 0 Å². The highest BCUT2D eigenvalue weighted by molar-refractivity contribution is 5.76. The molecule has 3 N–H and O–H groups in total. The highest BCUT2D eigenvalue weighted by Gasteiger charge is 2.34. The molecule has 0 radical (unpaired) electrons. The third kappa shape index (κ3) is 7.42.